The van der Waals surface area contributed by atoms with Crippen molar-refractivity contribution < 1.29 is 17.9 Å². The number of anilines is 3. The van der Waals surface area contributed by atoms with Crippen molar-refractivity contribution in [2.45, 2.75) is 45.9 Å². The van der Waals surface area contributed by atoms with Gasteiger partial charge in [-0.2, -0.15) is 23.4 Å². The van der Waals surface area contributed by atoms with E-state index in [0.717, 1.165) is 52.4 Å². The Morgan fingerprint density at radius 2 is 1.82 bits per heavy atom. The molecule has 0 spiro atoms. The highest BCUT2D eigenvalue weighted by molar-refractivity contribution is 7.87. The lowest BCUT2D eigenvalue weighted by Gasteiger charge is -2.33. The van der Waals surface area contributed by atoms with Gasteiger partial charge in [-0.05, 0) is 85.9 Å². The number of piperidine rings is 1. The van der Waals surface area contributed by atoms with Crippen LogP contribution in [0.4, 0.5) is 17.3 Å². The number of aromatic nitrogens is 2. The number of rotatable bonds is 8. The quantitative estimate of drug-likeness (QED) is 0.347. The van der Waals surface area contributed by atoms with Crippen LogP contribution in [0, 0.1) is 25.2 Å². The van der Waals surface area contributed by atoms with E-state index in [2.05, 4.69) is 24.9 Å². The molecule has 0 radical (unpaired) electrons. The summed E-state index contributed by atoms with van der Waals surface area (Å²) in [6, 6.07) is 13.7. The third-order valence-electron chi connectivity index (χ3n) is 6.89. The van der Waals surface area contributed by atoms with Crippen LogP contribution in [-0.4, -0.2) is 37.5 Å². The number of ether oxygens (including phenoxy) is 2. The van der Waals surface area contributed by atoms with Crippen molar-refractivity contribution in [3.05, 3.63) is 70.4 Å². The van der Waals surface area contributed by atoms with Gasteiger partial charge in [0.2, 0.25) is 11.8 Å². The summed E-state index contributed by atoms with van der Waals surface area (Å²) >= 11 is 0. The summed E-state index contributed by atoms with van der Waals surface area (Å²) in [6.45, 7) is 6.14. The van der Waals surface area contributed by atoms with Gasteiger partial charge in [0.15, 0.2) is 0 Å². The van der Waals surface area contributed by atoms with Crippen LogP contribution in [0.15, 0.2) is 42.5 Å². The number of hydrogen-bond acceptors (Lipinski definition) is 9. The van der Waals surface area contributed by atoms with Gasteiger partial charge < -0.3 is 19.7 Å². The molecule has 1 fully saturated rings. The molecule has 4 N–H and O–H groups in total. The van der Waals surface area contributed by atoms with E-state index in [1.54, 1.807) is 6.08 Å². The first kappa shape index (κ1) is 27.5. The molecule has 0 amide bonds. The molecular formula is C28H31N7O4S. The number of nitrogens with zero attached hydrogens (tertiary/aromatic N) is 4. The van der Waals surface area contributed by atoms with Gasteiger partial charge in [0.05, 0.1) is 30.5 Å². The van der Waals surface area contributed by atoms with Crippen molar-refractivity contribution in [3.63, 3.8) is 0 Å². The number of fused-ring (bicyclic) bond motifs is 1. The highest BCUT2D eigenvalue weighted by atomic mass is 32.2. The summed E-state index contributed by atoms with van der Waals surface area (Å²) in [5.41, 5.74) is 6.26. The first-order valence-electron chi connectivity index (χ1n) is 12.9. The van der Waals surface area contributed by atoms with Gasteiger partial charge in [0.25, 0.3) is 10.2 Å². The Labute approximate surface area is 233 Å². The van der Waals surface area contributed by atoms with Gasteiger partial charge in [-0.25, -0.2) is 10.1 Å². The molecule has 3 aromatic rings. The third-order valence-corrected chi connectivity index (χ3v) is 7.55. The van der Waals surface area contributed by atoms with E-state index < -0.39 is 10.2 Å². The van der Waals surface area contributed by atoms with Gasteiger partial charge >= 0.3 is 0 Å². The molecule has 1 saturated heterocycles. The molecule has 0 atom stereocenters. The van der Waals surface area contributed by atoms with Crippen LogP contribution in [0.2, 0.25) is 0 Å². The Morgan fingerprint density at radius 1 is 1.12 bits per heavy atom. The molecule has 0 unspecified atom stereocenters. The van der Waals surface area contributed by atoms with Gasteiger partial charge in [-0.3, -0.25) is 0 Å². The maximum atomic E-state index is 11.3. The highest BCUT2D eigenvalue weighted by Crippen LogP contribution is 2.35. The minimum absolute atomic E-state index is 0.143. The number of nitrogens with two attached hydrogens (primary N) is 1. The molecule has 12 heteroatoms. The number of hydrogen-bond donors (Lipinski definition) is 3. The summed E-state index contributed by atoms with van der Waals surface area (Å²) in [4.78, 5) is 11.5. The molecule has 1 aromatic heterocycles. The fourth-order valence-electron chi connectivity index (χ4n) is 5.01. The normalized spacial score (nSPS) is 15.7. The minimum Gasteiger partial charge on any atom is -0.438 e. The summed E-state index contributed by atoms with van der Waals surface area (Å²) < 4.78 is 37.1. The average molecular weight is 562 g/mol. The molecule has 40 heavy (non-hydrogen) atoms. The number of allylic oxidation sites excluding steroid dienone is 1. The van der Waals surface area contributed by atoms with Gasteiger partial charge in [0, 0.05) is 36.6 Å². The second-order valence-electron chi connectivity index (χ2n) is 9.91. The molecule has 3 heterocycles. The lowest BCUT2D eigenvalue weighted by atomic mass is 10.1. The van der Waals surface area contributed by atoms with Crippen LogP contribution in [0.1, 0.15) is 40.8 Å². The van der Waals surface area contributed by atoms with Crippen LogP contribution in [-0.2, 0) is 28.2 Å². The van der Waals surface area contributed by atoms with Crippen molar-refractivity contribution in [3.8, 4) is 17.7 Å². The maximum Gasteiger partial charge on any atom is 0.274 e. The lowest BCUT2D eigenvalue weighted by Crippen LogP contribution is -2.46. The summed E-state index contributed by atoms with van der Waals surface area (Å²) in [6.07, 6.45) is 4.58. The van der Waals surface area contributed by atoms with Gasteiger partial charge in [0.1, 0.15) is 5.75 Å². The summed E-state index contributed by atoms with van der Waals surface area (Å²) in [5, 5.41) is 17.2. The first-order valence-corrected chi connectivity index (χ1v) is 14.5. The van der Waals surface area contributed by atoms with Crippen molar-refractivity contribution in [2.75, 3.05) is 23.3 Å². The zero-order valence-electron chi connectivity index (χ0n) is 22.3. The van der Waals surface area contributed by atoms with E-state index in [1.807, 2.05) is 56.3 Å². The zero-order chi connectivity index (χ0) is 28.3. The summed E-state index contributed by atoms with van der Waals surface area (Å²) in [7, 11) is -3.69. The number of benzene rings is 2. The standard InChI is InChI=1S/C28H31N7O4S/c1-18-14-20(4-3-11-29)15-19(2)26(18)39-27-24-16-38-17-25(24)32-28(33-27)31-21-5-7-23(8-6-21)35-12-9-22(10-13-35)34-40(30,36)37/h3-8,14-15,22,34H,9-10,12-13,16-17H2,1-2H3,(H2,30,36,37)(H,31,32,33)/b4-3+. The van der Waals surface area contributed by atoms with Crippen LogP contribution in [0.3, 0.4) is 0 Å². The number of nitrogens with one attached hydrogen (secondary N) is 2. The molecular weight excluding hydrogens is 530 g/mol. The molecule has 0 bridgehead atoms. The lowest BCUT2D eigenvalue weighted by molar-refractivity contribution is 0.132. The fraction of sp³-hybridized carbons (Fsp3) is 0.321. The fourth-order valence-corrected chi connectivity index (χ4v) is 5.71. The Kier molecular flexibility index (Phi) is 7.99. The molecule has 2 aromatic carbocycles. The van der Waals surface area contributed by atoms with Crippen molar-refractivity contribution in [1.82, 2.24) is 14.7 Å². The van der Waals surface area contributed by atoms with E-state index in [4.69, 9.17) is 19.9 Å². The maximum absolute atomic E-state index is 11.3. The van der Waals surface area contributed by atoms with E-state index in [0.29, 0.717) is 43.6 Å². The SMILES string of the molecule is Cc1cc(/C=C/C#N)cc(C)c1Oc1nc(Nc2ccc(N3CCC(NS(N)(=O)=O)CC3)cc2)nc2c1COC2. The molecule has 0 aliphatic carbocycles. The topological polar surface area (TPSA) is 155 Å². The molecule has 11 nitrogen and oxygen atoms in total. The van der Waals surface area contributed by atoms with Crippen LogP contribution in [0.25, 0.3) is 6.08 Å². The molecule has 0 saturated carbocycles. The van der Waals surface area contributed by atoms with E-state index >= 15 is 0 Å². The highest BCUT2D eigenvalue weighted by Gasteiger charge is 2.24. The monoisotopic (exact) mass is 561 g/mol. The second-order valence-corrected chi connectivity index (χ2v) is 11.2. The van der Waals surface area contributed by atoms with Gasteiger partial charge in [-0.15, -0.1) is 0 Å². The first-order chi connectivity index (χ1) is 19.2. The number of aryl methyl sites for hydroxylation is 2. The predicted octanol–water partition coefficient (Wildman–Crippen LogP) is 3.96. The van der Waals surface area contributed by atoms with Crippen LogP contribution in [0.5, 0.6) is 11.6 Å². The number of nitriles is 1. The second kappa shape index (κ2) is 11.6. The Morgan fingerprint density at radius 3 is 2.48 bits per heavy atom. The third kappa shape index (κ3) is 6.57. The summed E-state index contributed by atoms with van der Waals surface area (Å²) in [5.74, 6) is 1.56. The molecule has 2 aliphatic heterocycles. The Hall–Kier alpha value is -4.02. The van der Waals surface area contributed by atoms with Crippen LogP contribution < -0.4 is 24.8 Å². The van der Waals surface area contributed by atoms with Crippen molar-refractivity contribution >= 4 is 33.6 Å². The molecule has 2 aliphatic rings. The van der Waals surface area contributed by atoms with Crippen molar-refractivity contribution in [1.29, 1.82) is 5.26 Å². The predicted molar refractivity (Wildman–Crippen MR) is 152 cm³/mol. The largest absolute Gasteiger partial charge is 0.438 e. The smallest absolute Gasteiger partial charge is 0.274 e. The Balaban J connectivity index is 1.30. The zero-order valence-corrected chi connectivity index (χ0v) is 23.2. The minimum atomic E-state index is -3.69. The van der Waals surface area contributed by atoms with E-state index in [1.165, 1.54) is 6.08 Å². The molecule has 5 rings (SSSR count). The Bertz CT molecular complexity index is 1550. The average Bonchev–Trinajstić information content (AvgIpc) is 3.38. The van der Waals surface area contributed by atoms with Crippen molar-refractivity contribution in [2.24, 2.45) is 5.14 Å². The van der Waals surface area contributed by atoms with E-state index in [9.17, 15) is 8.42 Å². The van der Waals surface area contributed by atoms with Crippen LogP contribution >= 0.6 is 0 Å². The molecule has 208 valence electrons. The van der Waals surface area contributed by atoms with E-state index in [-0.39, 0.29) is 6.04 Å². The van der Waals surface area contributed by atoms with Gasteiger partial charge in [-0.1, -0.05) is 0 Å².